The Kier molecular flexibility index (Phi) is 3.61. The molecule has 0 saturated heterocycles. The van der Waals surface area contributed by atoms with Gasteiger partial charge in [0.25, 0.3) is 5.91 Å². The van der Waals surface area contributed by atoms with Gasteiger partial charge < -0.3 is 5.32 Å². The van der Waals surface area contributed by atoms with Gasteiger partial charge >= 0.3 is 0 Å². The van der Waals surface area contributed by atoms with Crippen LogP contribution in [0.25, 0.3) is 0 Å². The number of nitrogens with zero attached hydrogens (tertiary/aromatic N) is 3. The summed E-state index contributed by atoms with van der Waals surface area (Å²) in [6.07, 6.45) is 3.64. The number of rotatable bonds is 3. The number of sulfonamides is 1. The lowest BCUT2D eigenvalue weighted by molar-refractivity contribution is 0.0945. The maximum atomic E-state index is 12.7. The lowest BCUT2D eigenvalue weighted by Gasteiger charge is -2.23. The van der Waals surface area contributed by atoms with Gasteiger partial charge in [0.2, 0.25) is 10.0 Å². The minimum Gasteiger partial charge on any atom is -0.352 e. The summed E-state index contributed by atoms with van der Waals surface area (Å²) in [6, 6.07) is 4.30. The molecular formula is C15H17N5O3S. The average Bonchev–Trinajstić information content (AvgIpc) is 3.04. The van der Waals surface area contributed by atoms with Crippen LogP contribution in [0.4, 0.5) is 0 Å². The maximum Gasteiger partial charge on any atom is 0.251 e. The lowest BCUT2D eigenvalue weighted by Crippen LogP contribution is -2.34. The highest BCUT2D eigenvalue weighted by Crippen LogP contribution is 2.25. The zero-order chi connectivity index (χ0) is 16.7. The van der Waals surface area contributed by atoms with Gasteiger partial charge in [-0.1, -0.05) is 6.07 Å². The summed E-state index contributed by atoms with van der Waals surface area (Å²) in [4.78, 5) is 16.2. The van der Waals surface area contributed by atoms with E-state index in [-0.39, 0.29) is 10.8 Å². The molecule has 8 nitrogen and oxygen atoms in total. The van der Waals surface area contributed by atoms with E-state index < -0.39 is 16.1 Å². The monoisotopic (exact) mass is 347 g/mol. The van der Waals surface area contributed by atoms with Crippen LogP contribution in [-0.4, -0.2) is 35.6 Å². The summed E-state index contributed by atoms with van der Waals surface area (Å²) in [5.74, 6) is 0.395. The van der Waals surface area contributed by atoms with Crippen LogP contribution in [0.5, 0.6) is 0 Å². The Morgan fingerprint density at radius 2 is 2.21 bits per heavy atom. The summed E-state index contributed by atoms with van der Waals surface area (Å²) in [5.41, 5.74) is 1.30. The second-order valence-corrected chi connectivity index (χ2v) is 7.70. The van der Waals surface area contributed by atoms with Gasteiger partial charge in [0.05, 0.1) is 10.9 Å². The third-order valence-corrected chi connectivity index (χ3v) is 5.90. The molecule has 2 aliphatic rings. The number of hydrogen-bond acceptors (Lipinski definition) is 5. The maximum absolute atomic E-state index is 12.7. The van der Waals surface area contributed by atoms with Gasteiger partial charge in [0.1, 0.15) is 12.2 Å². The van der Waals surface area contributed by atoms with Crippen LogP contribution in [0.2, 0.25) is 0 Å². The van der Waals surface area contributed by atoms with Gasteiger partial charge in [-0.15, -0.1) is 0 Å². The summed E-state index contributed by atoms with van der Waals surface area (Å²) < 4.78 is 29.9. The fraction of sp³-hybridized carbons (Fsp3) is 0.400. The minimum absolute atomic E-state index is 0.0925. The molecule has 9 heteroatoms. The van der Waals surface area contributed by atoms with Crippen molar-refractivity contribution in [3.63, 3.8) is 0 Å². The van der Waals surface area contributed by atoms with Crippen LogP contribution < -0.4 is 10.0 Å². The Bertz CT molecular complexity index is 906. The number of aryl methyl sites for hydroxylation is 1. The highest BCUT2D eigenvalue weighted by Gasteiger charge is 2.28. The van der Waals surface area contributed by atoms with Gasteiger partial charge in [-0.2, -0.15) is 5.10 Å². The molecule has 0 saturated carbocycles. The molecule has 2 aliphatic heterocycles. The molecule has 2 N–H and O–H groups in total. The second kappa shape index (κ2) is 5.67. The van der Waals surface area contributed by atoms with Crippen LogP contribution in [-0.2, 0) is 23.0 Å². The first-order valence-corrected chi connectivity index (χ1v) is 9.34. The Balaban J connectivity index is 1.65. The van der Waals surface area contributed by atoms with E-state index in [9.17, 15) is 13.2 Å². The Morgan fingerprint density at radius 3 is 3.08 bits per heavy atom. The van der Waals surface area contributed by atoms with E-state index in [2.05, 4.69) is 20.1 Å². The van der Waals surface area contributed by atoms with Crippen molar-refractivity contribution in [3.05, 3.63) is 41.5 Å². The minimum atomic E-state index is -3.75. The van der Waals surface area contributed by atoms with Crippen LogP contribution in [0, 0.1) is 0 Å². The summed E-state index contributed by atoms with van der Waals surface area (Å²) in [6.45, 7) is 1.32. The number of benzene rings is 1. The van der Waals surface area contributed by atoms with E-state index in [1.54, 1.807) is 16.8 Å². The van der Waals surface area contributed by atoms with E-state index >= 15 is 0 Å². The topological polar surface area (TPSA) is 106 Å². The molecule has 0 aliphatic carbocycles. The number of hydrogen-bond donors (Lipinski definition) is 2. The highest BCUT2D eigenvalue weighted by molar-refractivity contribution is 7.89. The fourth-order valence-electron chi connectivity index (χ4n) is 3.21. The van der Waals surface area contributed by atoms with Gasteiger partial charge in [-0.05, 0) is 37.0 Å². The molecule has 1 aromatic heterocycles. The Labute approximate surface area is 139 Å². The number of fused-ring (bicyclic) bond motifs is 2. The van der Waals surface area contributed by atoms with E-state index in [0.717, 1.165) is 18.5 Å². The molecule has 0 fully saturated rings. The van der Waals surface area contributed by atoms with Gasteiger partial charge in [0, 0.05) is 18.7 Å². The van der Waals surface area contributed by atoms with Gasteiger partial charge in [-0.25, -0.2) is 22.8 Å². The van der Waals surface area contributed by atoms with Crippen LogP contribution in [0.3, 0.4) is 0 Å². The van der Waals surface area contributed by atoms with Crippen LogP contribution in [0.1, 0.15) is 40.6 Å². The molecule has 0 radical (unpaired) electrons. The van der Waals surface area contributed by atoms with Crippen LogP contribution >= 0.6 is 0 Å². The number of nitrogens with one attached hydrogen (secondary N) is 2. The largest absolute Gasteiger partial charge is 0.352 e. The Hall–Kier alpha value is -2.26. The van der Waals surface area contributed by atoms with Crippen molar-refractivity contribution in [3.8, 4) is 0 Å². The highest BCUT2D eigenvalue weighted by atomic mass is 32.2. The zero-order valence-corrected chi connectivity index (χ0v) is 13.7. The van der Waals surface area contributed by atoms with Crippen molar-refractivity contribution in [2.45, 2.75) is 36.7 Å². The number of carbonyl (C=O) groups is 1. The molecule has 2 aromatic rings. The third kappa shape index (κ3) is 2.59. The number of amides is 1. The Morgan fingerprint density at radius 1 is 1.33 bits per heavy atom. The molecule has 126 valence electrons. The first-order valence-electron chi connectivity index (χ1n) is 7.86. The van der Waals surface area contributed by atoms with Crippen molar-refractivity contribution >= 4 is 15.9 Å². The second-order valence-electron chi connectivity index (χ2n) is 5.98. The smallest absolute Gasteiger partial charge is 0.251 e. The molecule has 0 spiro atoms. The van der Waals surface area contributed by atoms with Crippen molar-refractivity contribution in [2.75, 3.05) is 6.54 Å². The summed E-state index contributed by atoms with van der Waals surface area (Å²) in [5, 5.41) is 6.83. The predicted octanol–water partition coefficient (Wildman–Crippen LogP) is 0.377. The van der Waals surface area contributed by atoms with Gasteiger partial charge in [0.15, 0.2) is 0 Å². The quantitative estimate of drug-likeness (QED) is 0.835. The number of carbonyl (C=O) groups excluding carboxylic acids is 1. The van der Waals surface area contributed by atoms with Crippen molar-refractivity contribution in [2.24, 2.45) is 0 Å². The lowest BCUT2D eigenvalue weighted by atomic mass is 10.0. The van der Waals surface area contributed by atoms with E-state index in [1.165, 1.54) is 12.4 Å². The molecule has 3 heterocycles. The van der Waals surface area contributed by atoms with E-state index in [1.807, 2.05) is 0 Å². The normalized spacial score (nSPS) is 20.2. The average molecular weight is 347 g/mol. The first kappa shape index (κ1) is 15.3. The molecule has 0 bridgehead atoms. The van der Waals surface area contributed by atoms with Gasteiger partial charge in [-0.3, -0.25) is 4.79 Å². The van der Waals surface area contributed by atoms with Crippen molar-refractivity contribution in [1.82, 2.24) is 24.8 Å². The molecule has 1 atom stereocenters. The van der Waals surface area contributed by atoms with Crippen LogP contribution in [0.15, 0.2) is 29.4 Å². The summed E-state index contributed by atoms with van der Waals surface area (Å²) in [7, 11) is -3.75. The van der Waals surface area contributed by atoms with E-state index in [4.69, 9.17) is 0 Å². The standard InChI is InChI=1S/C15H17N5O3S/c21-15-12-8-11(4-3-10(12)5-6-16-15)24(22,23)19-13-2-1-7-20-14(13)17-9-18-20/h3-4,8-9,13,19H,1-2,5-7H2,(H,16,21)/t13-/m0/s1. The van der Waals surface area contributed by atoms with E-state index in [0.29, 0.717) is 30.8 Å². The molecule has 1 amide bonds. The summed E-state index contributed by atoms with van der Waals surface area (Å²) >= 11 is 0. The zero-order valence-electron chi connectivity index (χ0n) is 12.9. The van der Waals surface area contributed by atoms with Crippen molar-refractivity contribution in [1.29, 1.82) is 0 Å². The third-order valence-electron chi connectivity index (χ3n) is 4.43. The predicted molar refractivity (Wildman–Crippen MR) is 84.8 cm³/mol. The van der Waals surface area contributed by atoms with Crippen molar-refractivity contribution < 1.29 is 13.2 Å². The molecular weight excluding hydrogens is 330 g/mol. The fourth-order valence-corrected chi connectivity index (χ4v) is 4.47. The number of aromatic nitrogens is 3. The molecule has 24 heavy (non-hydrogen) atoms. The molecule has 0 unspecified atom stereocenters. The first-order chi connectivity index (χ1) is 11.5. The molecule has 4 rings (SSSR count). The molecule has 1 aromatic carbocycles. The SMILES string of the molecule is O=C1NCCc2ccc(S(=O)(=O)N[C@H]3CCCn4ncnc43)cc21.